The van der Waals surface area contributed by atoms with E-state index >= 15 is 0 Å². The average Bonchev–Trinajstić information content (AvgIpc) is 1.54. The van der Waals surface area contributed by atoms with Crippen molar-refractivity contribution in [3.63, 3.8) is 0 Å². The van der Waals surface area contributed by atoms with Gasteiger partial charge in [0.2, 0.25) is 11.9 Å². The Morgan fingerprint density at radius 2 is 0.340 bits per heavy atom. The summed E-state index contributed by atoms with van der Waals surface area (Å²) in [5, 5.41) is 14.4. The number of nitrogens with zero attached hydrogens (tertiary/aromatic N) is 15. The van der Waals surface area contributed by atoms with Crippen molar-refractivity contribution < 1.29 is 0 Å². The highest BCUT2D eigenvalue weighted by Gasteiger charge is 2.30. The first kappa shape index (κ1) is 87.3. The molecule has 702 valence electrons. The van der Waals surface area contributed by atoms with Crippen LogP contribution in [-0.2, 0) is 0 Å². The van der Waals surface area contributed by atoms with E-state index in [4.69, 9.17) is 44.9 Å². The average molecular weight is 1920 g/mol. The van der Waals surface area contributed by atoms with Gasteiger partial charge in [0, 0.05) is 132 Å². The molecular weight excluding hydrogens is 1830 g/mol. The summed E-state index contributed by atoms with van der Waals surface area (Å²) < 4.78 is 14.0. The molecule has 0 spiro atoms. The maximum absolute atomic E-state index is 5.26. The van der Waals surface area contributed by atoms with Crippen LogP contribution >= 0.6 is 0 Å². The number of benzene rings is 21. The molecule has 0 bridgehead atoms. The van der Waals surface area contributed by atoms with Gasteiger partial charge in [-0.1, -0.05) is 406 Å². The van der Waals surface area contributed by atoms with E-state index in [0.29, 0.717) is 52.7 Å². The minimum Gasteiger partial charge on any atom is -0.309 e. The predicted octanol–water partition coefficient (Wildman–Crippen LogP) is 33.2. The fraction of sp³-hybridized carbons (Fsp3) is 0. The second-order valence-electron chi connectivity index (χ2n) is 37.4. The first-order valence-electron chi connectivity index (χ1n) is 50.4. The Bertz CT molecular complexity index is 10300. The zero-order valence-corrected chi connectivity index (χ0v) is 80.9. The molecule has 15 nitrogen and oxygen atoms in total. The van der Waals surface area contributed by atoms with Crippen LogP contribution in [0.5, 0.6) is 0 Å². The highest BCUT2D eigenvalue weighted by Crippen LogP contribution is 2.50. The van der Waals surface area contributed by atoms with E-state index in [1.807, 2.05) is 158 Å². The maximum atomic E-state index is 5.26. The molecule has 15 heteroatoms. The van der Waals surface area contributed by atoms with E-state index in [0.717, 1.165) is 139 Å². The Morgan fingerprint density at radius 1 is 0.120 bits per heavy atom. The van der Waals surface area contributed by atoms with Crippen LogP contribution in [-0.4, -0.2) is 72.3 Å². The summed E-state index contributed by atoms with van der Waals surface area (Å²) in [5.41, 5.74) is 29.1. The lowest BCUT2D eigenvalue weighted by Gasteiger charge is -2.15. The van der Waals surface area contributed by atoms with Crippen LogP contribution in [0.3, 0.4) is 0 Å². The fourth-order valence-corrected chi connectivity index (χ4v) is 22.1. The molecule has 0 atom stereocenters. The van der Waals surface area contributed by atoms with Crippen LogP contribution in [0.25, 0.3) is 267 Å². The molecule has 21 aromatic carbocycles. The van der Waals surface area contributed by atoms with Crippen molar-refractivity contribution in [2.75, 3.05) is 0 Å². The van der Waals surface area contributed by atoms with Gasteiger partial charge >= 0.3 is 0 Å². The first-order valence-corrected chi connectivity index (χ1v) is 50.4. The number of hydrogen-bond donors (Lipinski definition) is 0. The van der Waals surface area contributed by atoms with Crippen LogP contribution in [0.1, 0.15) is 0 Å². The van der Waals surface area contributed by atoms with Gasteiger partial charge in [0.05, 0.1) is 66.2 Å². The van der Waals surface area contributed by atoms with Crippen LogP contribution in [0.4, 0.5) is 0 Å². The summed E-state index contributed by atoms with van der Waals surface area (Å²) in [6.07, 6.45) is 0. The number of rotatable bonds is 15. The van der Waals surface area contributed by atoms with Gasteiger partial charge in [-0.15, -0.1) is 0 Å². The fourth-order valence-electron chi connectivity index (χ4n) is 22.1. The Hall–Kier alpha value is -20.6. The van der Waals surface area contributed by atoms with E-state index in [-0.39, 0.29) is 0 Å². The largest absolute Gasteiger partial charge is 0.309 e. The van der Waals surface area contributed by atoms with E-state index in [1.165, 1.54) is 76.1 Å². The molecule has 0 unspecified atom stereocenters. The predicted molar refractivity (Wildman–Crippen MR) is 614 cm³/mol. The summed E-state index contributed by atoms with van der Waals surface area (Å²) in [6.45, 7) is 0. The maximum Gasteiger partial charge on any atom is 0.238 e. The minimum atomic E-state index is 0.569. The van der Waals surface area contributed by atoms with Crippen LogP contribution in [0, 0.1) is 0 Å². The monoisotopic (exact) mass is 1920 g/mol. The molecule has 0 radical (unpaired) electrons. The van der Waals surface area contributed by atoms with Crippen molar-refractivity contribution in [3.05, 3.63) is 528 Å². The highest BCUT2D eigenvalue weighted by molar-refractivity contribution is 6.33. The second-order valence-corrected chi connectivity index (χ2v) is 37.4. The van der Waals surface area contributed by atoms with Gasteiger partial charge < -0.3 is 18.3 Å². The van der Waals surface area contributed by atoms with Gasteiger partial charge in [0.15, 0.2) is 40.8 Å². The number of para-hydroxylation sites is 9. The third kappa shape index (κ3) is 15.1. The molecule has 9 heterocycles. The van der Waals surface area contributed by atoms with Crippen LogP contribution < -0.4 is 0 Å². The second kappa shape index (κ2) is 37.0. The zero-order valence-electron chi connectivity index (χ0n) is 80.9. The van der Waals surface area contributed by atoms with Gasteiger partial charge in [-0.3, -0.25) is 9.13 Å². The molecule has 30 rings (SSSR count). The number of fused-ring (bicyclic) bond motifs is 21. The summed E-state index contributed by atoms with van der Waals surface area (Å²) >= 11 is 0. The zero-order chi connectivity index (χ0) is 99.1. The third-order valence-electron chi connectivity index (χ3n) is 28.7. The minimum absolute atomic E-state index is 0.569. The molecular formula is C135H87N15. The van der Waals surface area contributed by atoms with E-state index in [9.17, 15) is 0 Å². The van der Waals surface area contributed by atoms with Gasteiger partial charge in [0.1, 0.15) is 0 Å². The SMILES string of the molecule is c1ccc(-c2cccc(-c3cc4c(c5ccccc5n4-c4nc(-c5ccccc5)nc(-c5ccccc5)n4)c4c5ccccc5n(-c5ccccc5)c34)c2)cc1.c1ccc(-c2nc(-c3ccccc3)nc(-c3cccc(-n4c5ccccc5c5c6c7ccccc7n(-c7ccccc7)c6ccc54)c3)n2)cc1.c1ccc(-c2nc(-c3ccccc3)nc(-n3c4ccccc4c4c5c6ccccc6n(-c6ccccc6)c5ccc43)n2)cc1. The third-order valence-corrected chi connectivity index (χ3v) is 28.7. The Balaban J connectivity index is 0.000000109. The quantitative estimate of drug-likeness (QED) is 0.0979. The van der Waals surface area contributed by atoms with E-state index in [1.54, 1.807) is 0 Å². The molecule has 30 aromatic rings. The van der Waals surface area contributed by atoms with Gasteiger partial charge in [-0.25, -0.2) is 24.9 Å². The summed E-state index contributed by atoms with van der Waals surface area (Å²) in [5.74, 6) is 5.62. The normalized spacial score (nSPS) is 11.6. The molecule has 0 fully saturated rings. The van der Waals surface area contributed by atoms with Gasteiger partial charge in [0.25, 0.3) is 0 Å². The summed E-state index contributed by atoms with van der Waals surface area (Å²) in [4.78, 5) is 45.6. The molecule has 0 saturated heterocycles. The molecule has 0 N–H and O–H groups in total. The smallest absolute Gasteiger partial charge is 0.238 e. The highest BCUT2D eigenvalue weighted by atomic mass is 15.2. The van der Waals surface area contributed by atoms with Gasteiger partial charge in [-0.05, 0) is 138 Å². The summed E-state index contributed by atoms with van der Waals surface area (Å²) in [7, 11) is 0. The van der Waals surface area contributed by atoms with E-state index in [2.05, 4.69) is 397 Å². The van der Waals surface area contributed by atoms with Crippen molar-refractivity contribution in [1.82, 2.24) is 72.3 Å². The number of hydrogen-bond acceptors (Lipinski definition) is 9. The lowest BCUT2D eigenvalue weighted by Crippen LogP contribution is -2.06. The van der Waals surface area contributed by atoms with Crippen LogP contribution in [0.2, 0.25) is 0 Å². The van der Waals surface area contributed by atoms with Crippen LogP contribution in [0.15, 0.2) is 528 Å². The molecule has 0 amide bonds. The molecule has 0 saturated carbocycles. The summed E-state index contributed by atoms with van der Waals surface area (Å²) in [6, 6.07) is 184. The van der Waals surface area contributed by atoms with Gasteiger partial charge in [-0.2, -0.15) is 19.9 Å². The molecule has 0 aliphatic heterocycles. The lowest BCUT2D eigenvalue weighted by molar-refractivity contribution is 0.953. The molecule has 150 heavy (non-hydrogen) atoms. The Labute approximate surface area is 861 Å². The van der Waals surface area contributed by atoms with Crippen molar-refractivity contribution in [3.8, 4) is 137 Å². The number of aromatic nitrogens is 15. The molecule has 9 aromatic heterocycles. The van der Waals surface area contributed by atoms with Crippen molar-refractivity contribution >= 4 is 131 Å². The Kier molecular flexibility index (Phi) is 21.5. The first-order chi connectivity index (χ1) is 74.5. The van der Waals surface area contributed by atoms with Crippen molar-refractivity contribution in [2.24, 2.45) is 0 Å². The standard InChI is InChI=1S/C51H33N5.C45H29N5.C39H25N5/c1-5-18-34(19-6-1)37-24-17-25-38(32-37)42-33-45-46(47-41-29-14-15-30-43(41)55(48(42)47)39-26-11-4-12-27-39)40-28-13-16-31-44(40)56(45)51-53-49(35-20-7-2-8-21-35)52-50(54-51)36-22-9-3-10-23-36;1-4-15-30(16-5-1)43-46-44(31-17-6-2-7-18-31)48-45(47-43)32-19-14-22-34(29-32)50-38-26-13-11-24-36(38)42-40(50)28-27-39-41(42)35-23-10-12-25-37(35)49(39)33-20-8-3-9-21-33;1-4-14-26(15-5-1)37-40-38(27-16-6-2-7-17-27)42-39(41-37)44-32-23-13-11-21-30(32)36-34(44)25-24-33-35(36)29-20-10-12-22-31(29)43(33)28-18-8-3-9-19-28/h1-33H;1-29H;1-25H. The molecule has 0 aliphatic carbocycles. The van der Waals surface area contributed by atoms with Crippen molar-refractivity contribution in [2.45, 2.75) is 0 Å². The van der Waals surface area contributed by atoms with Crippen molar-refractivity contribution in [1.29, 1.82) is 0 Å². The topological polar surface area (TPSA) is 146 Å². The van der Waals surface area contributed by atoms with E-state index < -0.39 is 0 Å². The Morgan fingerprint density at radius 3 is 0.687 bits per heavy atom. The molecule has 0 aliphatic rings. The lowest BCUT2D eigenvalue weighted by atomic mass is 9.95.